The minimum absolute atomic E-state index is 0.0207. The van der Waals surface area contributed by atoms with Gasteiger partial charge in [-0.3, -0.25) is 9.59 Å². The zero-order chi connectivity index (χ0) is 19.8. The second-order valence-electron chi connectivity index (χ2n) is 6.49. The zero-order valence-electron chi connectivity index (χ0n) is 14.7. The normalized spacial score (nSPS) is 12.5. The number of ether oxygens (including phenoxy) is 1. The highest BCUT2D eigenvalue weighted by atomic mass is 35.5. The summed E-state index contributed by atoms with van der Waals surface area (Å²) in [5.41, 5.74) is 7.40. The minimum Gasteiger partial charge on any atom is -0.504 e. The van der Waals surface area contributed by atoms with Crippen molar-refractivity contribution in [3.05, 3.63) is 87.4 Å². The van der Waals surface area contributed by atoms with Crippen LogP contribution in [0.4, 0.5) is 5.69 Å². The Kier molecular flexibility index (Phi) is 4.53. The topological polar surface area (TPSA) is 89.6 Å². The third kappa shape index (κ3) is 3.00. The molecule has 0 amide bonds. The number of hydrogen-bond donors (Lipinski definition) is 2. The van der Waals surface area contributed by atoms with Gasteiger partial charge in [-0.05, 0) is 23.8 Å². The molecule has 3 aromatic carbocycles. The smallest absolute Gasteiger partial charge is 0.198 e. The van der Waals surface area contributed by atoms with E-state index < -0.39 is 11.6 Å². The monoisotopic (exact) mass is 393 g/mol. The fraction of sp³-hybridized carbons (Fsp3) is 0.0909. The first-order valence-electron chi connectivity index (χ1n) is 8.68. The number of aromatic hydroxyl groups is 1. The van der Waals surface area contributed by atoms with Crippen molar-refractivity contribution in [2.24, 2.45) is 0 Å². The Morgan fingerprint density at radius 1 is 0.929 bits per heavy atom. The number of carbonyl (C=O) groups is 2. The molecule has 0 unspecified atom stereocenters. The van der Waals surface area contributed by atoms with Gasteiger partial charge in [-0.25, -0.2) is 0 Å². The van der Waals surface area contributed by atoms with E-state index >= 15 is 0 Å². The van der Waals surface area contributed by atoms with Crippen molar-refractivity contribution in [1.29, 1.82) is 0 Å². The number of benzene rings is 3. The van der Waals surface area contributed by atoms with Gasteiger partial charge in [-0.15, -0.1) is 0 Å². The molecular weight excluding hydrogens is 378 g/mol. The maximum absolute atomic E-state index is 12.9. The molecule has 0 aliphatic heterocycles. The molecule has 0 bridgehead atoms. The molecule has 1 aliphatic rings. The first kappa shape index (κ1) is 18.1. The van der Waals surface area contributed by atoms with Crippen molar-refractivity contribution in [2.45, 2.75) is 6.42 Å². The van der Waals surface area contributed by atoms with Gasteiger partial charge in [0, 0.05) is 34.3 Å². The van der Waals surface area contributed by atoms with Crippen LogP contribution in [0.2, 0.25) is 5.02 Å². The third-order valence-corrected chi connectivity index (χ3v) is 4.95. The Morgan fingerprint density at radius 3 is 2.39 bits per heavy atom. The fourth-order valence-electron chi connectivity index (χ4n) is 3.34. The van der Waals surface area contributed by atoms with Gasteiger partial charge in [-0.1, -0.05) is 41.9 Å². The molecule has 0 aromatic heterocycles. The van der Waals surface area contributed by atoms with E-state index in [0.717, 1.165) is 5.56 Å². The van der Waals surface area contributed by atoms with Crippen molar-refractivity contribution >= 4 is 28.9 Å². The lowest BCUT2D eigenvalue weighted by molar-refractivity contribution is 0.0976. The highest BCUT2D eigenvalue weighted by molar-refractivity contribution is 6.34. The first-order valence-corrected chi connectivity index (χ1v) is 9.06. The van der Waals surface area contributed by atoms with Crippen LogP contribution in [0.15, 0.2) is 54.6 Å². The Hall–Kier alpha value is -3.31. The summed E-state index contributed by atoms with van der Waals surface area (Å²) in [4.78, 5) is 25.8. The highest BCUT2D eigenvalue weighted by Gasteiger charge is 2.35. The summed E-state index contributed by atoms with van der Waals surface area (Å²) in [6, 6.07) is 15.5. The zero-order valence-corrected chi connectivity index (χ0v) is 15.5. The molecule has 0 saturated carbocycles. The molecule has 3 aromatic rings. The van der Waals surface area contributed by atoms with Crippen LogP contribution in [0.5, 0.6) is 11.5 Å². The molecule has 28 heavy (non-hydrogen) atoms. The Bertz CT molecular complexity index is 1110. The summed E-state index contributed by atoms with van der Waals surface area (Å²) in [5.74, 6) is -1.24. The summed E-state index contributed by atoms with van der Waals surface area (Å²) in [6.45, 7) is 0.282. The molecule has 6 heteroatoms. The standard InChI is InChI=1S/C22H16ClNO4/c23-13-6-7-14-15(10-13)21(26)18-16(24)11-17(22(27)19(18)20(14)25)28-9-8-12-4-2-1-3-5-12/h1-7,10-11,27H,8-9,24H2. The number of carbonyl (C=O) groups excluding carboxylic acids is 2. The van der Waals surface area contributed by atoms with E-state index in [4.69, 9.17) is 22.1 Å². The molecule has 4 rings (SSSR count). The molecule has 1 aliphatic carbocycles. The number of phenolic OH excluding ortho intramolecular Hbond substituents is 1. The lowest BCUT2D eigenvalue weighted by Gasteiger charge is -2.21. The van der Waals surface area contributed by atoms with Gasteiger partial charge in [0.05, 0.1) is 17.7 Å². The largest absolute Gasteiger partial charge is 0.504 e. The SMILES string of the molecule is Nc1cc(OCCc2ccccc2)c(O)c2c1C(=O)c1cc(Cl)ccc1C2=O. The molecule has 5 nitrogen and oxygen atoms in total. The number of nitrogens with two attached hydrogens (primary N) is 1. The molecule has 0 heterocycles. The maximum Gasteiger partial charge on any atom is 0.198 e. The molecule has 3 N–H and O–H groups in total. The summed E-state index contributed by atoms with van der Waals surface area (Å²) >= 11 is 5.96. The van der Waals surface area contributed by atoms with Gasteiger partial charge in [0.15, 0.2) is 23.1 Å². The van der Waals surface area contributed by atoms with Crippen molar-refractivity contribution in [2.75, 3.05) is 12.3 Å². The number of fused-ring (bicyclic) bond motifs is 2. The van der Waals surface area contributed by atoms with E-state index in [1.165, 1.54) is 24.3 Å². The van der Waals surface area contributed by atoms with Crippen LogP contribution in [0.25, 0.3) is 0 Å². The molecule has 0 fully saturated rings. The van der Waals surface area contributed by atoms with E-state index in [9.17, 15) is 14.7 Å². The van der Waals surface area contributed by atoms with Crippen LogP contribution >= 0.6 is 11.6 Å². The van der Waals surface area contributed by atoms with Gasteiger partial charge in [0.25, 0.3) is 0 Å². The van der Waals surface area contributed by atoms with Crippen LogP contribution in [0.1, 0.15) is 37.4 Å². The number of anilines is 1. The Morgan fingerprint density at radius 2 is 1.64 bits per heavy atom. The van der Waals surface area contributed by atoms with Crippen LogP contribution in [0, 0.1) is 0 Å². The molecule has 140 valence electrons. The molecular formula is C22H16ClNO4. The van der Waals surface area contributed by atoms with Gasteiger partial charge in [0.2, 0.25) is 0 Å². The van der Waals surface area contributed by atoms with E-state index in [-0.39, 0.29) is 46.0 Å². The second kappa shape index (κ2) is 7.02. The molecule has 0 atom stereocenters. The van der Waals surface area contributed by atoms with Gasteiger partial charge in [0.1, 0.15) is 0 Å². The fourth-order valence-corrected chi connectivity index (χ4v) is 3.51. The number of ketones is 2. The van der Waals surface area contributed by atoms with Gasteiger partial charge in [-0.2, -0.15) is 0 Å². The van der Waals surface area contributed by atoms with Gasteiger partial charge < -0.3 is 15.6 Å². The summed E-state index contributed by atoms with van der Waals surface area (Å²) in [5, 5.41) is 11.0. The number of halogens is 1. The predicted octanol–water partition coefficient (Wildman–Crippen LogP) is 4.02. The third-order valence-electron chi connectivity index (χ3n) is 4.71. The number of nitrogen functional groups attached to an aromatic ring is 1. The van der Waals surface area contributed by atoms with Crippen molar-refractivity contribution < 1.29 is 19.4 Å². The summed E-state index contributed by atoms with van der Waals surface area (Å²) in [6.07, 6.45) is 0.617. The molecule has 0 radical (unpaired) electrons. The van der Waals surface area contributed by atoms with Crippen LogP contribution < -0.4 is 10.5 Å². The van der Waals surface area contributed by atoms with E-state index in [1.807, 2.05) is 30.3 Å². The summed E-state index contributed by atoms with van der Waals surface area (Å²) < 4.78 is 5.66. The van der Waals surface area contributed by atoms with Crippen molar-refractivity contribution in [3.63, 3.8) is 0 Å². The highest BCUT2D eigenvalue weighted by Crippen LogP contribution is 2.42. The first-order chi connectivity index (χ1) is 13.5. The average molecular weight is 394 g/mol. The van der Waals surface area contributed by atoms with Gasteiger partial charge >= 0.3 is 0 Å². The summed E-state index contributed by atoms with van der Waals surface area (Å²) in [7, 11) is 0. The van der Waals surface area contributed by atoms with Crippen LogP contribution in [0.3, 0.4) is 0 Å². The lowest BCUT2D eigenvalue weighted by Crippen LogP contribution is -2.23. The van der Waals surface area contributed by atoms with E-state index in [1.54, 1.807) is 0 Å². The maximum atomic E-state index is 12.9. The van der Waals surface area contributed by atoms with E-state index in [0.29, 0.717) is 11.4 Å². The number of rotatable bonds is 4. The lowest BCUT2D eigenvalue weighted by atomic mass is 9.82. The molecule has 0 spiro atoms. The molecule has 0 saturated heterocycles. The minimum atomic E-state index is -0.487. The Labute approximate surface area is 166 Å². The Balaban J connectivity index is 1.69. The quantitative estimate of drug-likeness (QED) is 0.403. The van der Waals surface area contributed by atoms with E-state index in [2.05, 4.69) is 0 Å². The van der Waals surface area contributed by atoms with Crippen molar-refractivity contribution in [1.82, 2.24) is 0 Å². The predicted molar refractivity (Wildman–Crippen MR) is 106 cm³/mol. The van der Waals surface area contributed by atoms with Crippen molar-refractivity contribution in [3.8, 4) is 11.5 Å². The second-order valence-corrected chi connectivity index (χ2v) is 6.93. The van der Waals surface area contributed by atoms with Crippen LogP contribution in [-0.4, -0.2) is 23.3 Å². The number of hydrogen-bond acceptors (Lipinski definition) is 5. The van der Waals surface area contributed by atoms with Crippen LogP contribution in [-0.2, 0) is 6.42 Å². The average Bonchev–Trinajstić information content (AvgIpc) is 2.69. The number of phenols is 1.